The standard InChI is InChI=1S/C16H14N4O4/c1-10-5-14(20-24-10)19-16(22)12-6-11(7-17-8-12)15(21)18-9-13-3-2-4-23-13/h2-8H,9H2,1H3,(H,18,21)(H,19,20,22). The van der Waals surface area contributed by atoms with Crippen molar-refractivity contribution in [3.8, 4) is 0 Å². The van der Waals surface area contributed by atoms with Crippen molar-refractivity contribution in [3.05, 3.63) is 65.6 Å². The van der Waals surface area contributed by atoms with Gasteiger partial charge in [-0.15, -0.1) is 0 Å². The molecule has 8 nitrogen and oxygen atoms in total. The molecule has 0 spiro atoms. The van der Waals surface area contributed by atoms with Gasteiger partial charge in [-0.25, -0.2) is 0 Å². The van der Waals surface area contributed by atoms with Gasteiger partial charge in [-0.1, -0.05) is 5.16 Å². The molecular weight excluding hydrogens is 312 g/mol. The average molecular weight is 326 g/mol. The molecule has 3 heterocycles. The molecule has 0 fully saturated rings. The number of furan rings is 1. The van der Waals surface area contributed by atoms with E-state index in [9.17, 15) is 9.59 Å². The molecular formula is C16H14N4O4. The van der Waals surface area contributed by atoms with Crippen molar-refractivity contribution in [2.75, 3.05) is 5.32 Å². The van der Waals surface area contributed by atoms with Crippen LogP contribution >= 0.6 is 0 Å². The van der Waals surface area contributed by atoms with Crippen LogP contribution in [0.3, 0.4) is 0 Å². The number of carbonyl (C=O) groups is 2. The summed E-state index contributed by atoms with van der Waals surface area (Å²) in [6.07, 6.45) is 4.28. The van der Waals surface area contributed by atoms with Gasteiger partial charge >= 0.3 is 0 Å². The van der Waals surface area contributed by atoms with Gasteiger partial charge in [0.2, 0.25) is 0 Å². The number of nitrogens with one attached hydrogen (secondary N) is 2. The van der Waals surface area contributed by atoms with E-state index in [2.05, 4.69) is 20.8 Å². The zero-order valence-corrected chi connectivity index (χ0v) is 12.8. The molecule has 24 heavy (non-hydrogen) atoms. The number of carbonyl (C=O) groups excluding carboxylic acids is 2. The Kier molecular flexibility index (Phi) is 4.37. The second-order valence-electron chi connectivity index (χ2n) is 5.00. The molecule has 0 aromatic carbocycles. The zero-order valence-electron chi connectivity index (χ0n) is 12.8. The van der Waals surface area contributed by atoms with Crippen LogP contribution in [-0.2, 0) is 6.54 Å². The normalized spacial score (nSPS) is 10.4. The Hall–Kier alpha value is -3.42. The van der Waals surface area contributed by atoms with Crippen LogP contribution in [0, 0.1) is 6.92 Å². The predicted molar refractivity (Wildman–Crippen MR) is 83.3 cm³/mol. The van der Waals surface area contributed by atoms with Gasteiger partial charge in [-0.3, -0.25) is 14.6 Å². The molecule has 0 unspecified atom stereocenters. The lowest BCUT2D eigenvalue weighted by Gasteiger charge is -2.05. The van der Waals surface area contributed by atoms with E-state index >= 15 is 0 Å². The minimum Gasteiger partial charge on any atom is -0.467 e. The number of pyridine rings is 1. The number of aryl methyl sites for hydroxylation is 1. The molecule has 0 aliphatic heterocycles. The van der Waals surface area contributed by atoms with Crippen LogP contribution in [0.4, 0.5) is 5.82 Å². The van der Waals surface area contributed by atoms with Crippen molar-refractivity contribution in [2.24, 2.45) is 0 Å². The molecule has 2 amide bonds. The molecule has 0 atom stereocenters. The summed E-state index contributed by atoms with van der Waals surface area (Å²) in [5, 5.41) is 8.94. The summed E-state index contributed by atoms with van der Waals surface area (Å²) >= 11 is 0. The van der Waals surface area contributed by atoms with E-state index < -0.39 is 5.91 Å². The van der Waals surface area contributed by atoms with Crippen molar-refractivity contribution >= 4 is 17.6 Å². The molecule has 0 saturated carbocycles. The fourth-order valence-corrected chi connectivity index (χ4v) is 1.98. The number of rotatable bonds is 5. The lowest BCUT2D eigenvalue weighted by atomic mass is 10.2. The minimum absolute atomic E-state index is 0.237. The summed E-state index contributed by atoms with van der Waals surface area (Å²) in [6, 6.07) is 6.53. The number of anilines is 1. The van der Waals surface area contributed by atoms with Crippen molar-refractivity contribution in [1.82, 2.24) is 15.5 Å². The maximum atomic E-state index is 12.2. The van der Waals surface area contributed by atoms with Crippen molar-refractivity contribution < 1.29 is 18.5 Å². The summed E-state index contributed by atoms with van der Waals surface area (Å²) in [5.74, 6) is 0.716. The summed E-state index contributed by atoms with van der Waals surface area (Å²) in [6.45, 7) is 1.97. The third kappa shape index (κ3) is 3.67. The highest BCUT2D eigenvalue weighted by atomic mass is 16.5. The second kappa shape index (κ2) is 6.78. The third-order valence-electron chi connectivity index (χ3n) is 3.14. The van der Waals surface area contributed by atoms with Gasteiger partial charge in [0.15, 0.2) is 5.82 Å². The number of hydrogen-bond donors (Lipinski definition) is 2. The Labute approximate surface area is 136 Å². The highest BCUT2D eigenvalue weighted by Gasteiger charge is 2.13. The molecule has 3 rings (SSSR count). The largest absolute Gasteiger partial charge is 0.467 e. The first-order valence-electron chi connectivity index (χ1n) is 7.12. The molecule has 0 aliphatic carbocycles. The SMILES string of the molecule is Cc1cc(NC(=O)c2cncc(C(=O)NCc3ccco3)c2)no1. The van der Waals surface area contributed by atoms with Gasteiger partial charge in [-0.2, -0.15) is 0 Å². The van der Waals surface area contributed by atoms with E-state index in [0.29, 0.717) is 17.3 Å². The fraction of sp³-hybridized carbons (Fsp3) is 0.125. The van der Waals surface area contributed by atoms with Crippen molar-refractivity contribution in [2.45, 2.75) is 13.5 Å². The Bertz CT molecular complexity index is 855. The number of hydrogen-bond acceptors (Lipinski definition) is 6. The summed E-state index contributed by atoms with van der Waals surface area (Å²) in [7, 11) is 0. The maximum Gasteiger partial charge on any atom is 0.258 e. The average Bonchev–Trinajstić information content (AvgIpc) is 3.24. The first-order valence-corrected chi connectivity index (χ1v) is 7.12. The van der Waals surface area contributed by atoms with E-state index in [1.54, 1.807) is 25.1 Å². The van der Waals surface area contributed by atoms with Crippen molar-refractivity contribution in [3.63, 3.8) is 0 Å². The molecule has 122 valence electrons. The minimum atomic E-state index is -0.434. The highest BCUT2D eigenvalue weighted by Crippen LogP contribution is 2.10. The zero-order chi connectivity index (χ0) is 16.9. The third-order valence-corrected chi connectivity index (χ3v) is 3.14. The van der Waals surface area contributed by atoms with E-state index in [4.69, 9.17) is 8.94 Å². The first-order chi connectivity index (χ1) is 11.6. The predicted octanol–water partition coefficient (Wildman–Crippen LogP) is 2.15. The first kappa shape index (κ1) is 15.5. The smallest absolute Gasteiger partial charge is 0.258 e. The number of nitrogens with zero attached hydrogens (tertiary/aromatic N) is 2. The summed E-state index contributed by atoms with van der Waals surface area (Å²) in [5.41, 5.74) is 0.506. The van der Waals surface area contributed by atoms with Crippen molar-refractivity contribution in [1.29, 1.82) is 0 Å². The second-order valence-corrected chi connectivity index (χ2v) is 5.00. The molecule has 3 aromatic heterocycles. The highest BCUT2D eigenvalue weighted by molar-refractivity contribution is 6.05. The molecule has 0 aliphatic rings. The maximum absolute atomic E-state index is 12.2. The van der Waals surface area contributed by atoms with Crippen LogP contribution < -0.4 is 10.6 Å². The van der Waals surface area contributed by atoms with Crippen LogP contribution in [0.25, 0.3) is 0 Å². The summed E-state index contributed by atoms with van der Waals surface area (Å²) < 4.78 is 10.0. The summed E-state index contributed by atoms with van der Waals surface area (Å²) in [4.78, 5) is 28.2. The molecule has 2 N–H and O–H groups in total. The van der Waals surface area contributed by atoms with Crippen LogP contribution in [0.15, 0.2) is 51.9 Å². The Balaban J connectivity index is 1.66. The molecule has 8 heteroatoms. The fourth-order valence-electron chi connectivity index (χ4n) is 1.98. The van der Waals surface area contributed by atoms with Gasteiger partial charge in [0, 0.05) is 18.5 Å². The molecule has 0 radical (unpaired) electrons. The lowest BCUT2D eigenvalue weighted by molar-refractivity contribution is 0.0947. The Morgan fingerprint density at radius 1 is 1.17 bits per heavy atom. The van der Waals surface area contributed by atoms with Gasteiger partial charge in [0.1, 0.15) is 11.5 Å². The van der Waals surface area contributed by atoms with E-state index in [-0.39, 0.29) is 23.6 Å². The van der Waals surface area contributed by atoms with Gasteiger partial charge in [0.05, 0.1) is 23.9 Å². The molecule has 3 aromatic rings. The van der Waals surface area contributed by atoms with Gasteiger partial charge in [0.25, 0.3) is 11.8 Å². The van der Waals surface area contributed by atoms with Crippen LogP contribution in [-0.4, -0.2) is 22.0 Å². The Morgan fingerprint density at radius 3 is 2.62 bits per heavy atom. The lowest BCUT2D eigenvalue weighted by Crippen LogP contribution is -2.23. The monoisotopic (exact) mass is 326 g/mol. The van der Waals surface area contributed by atoms with E-state index in [0.717, 1.165) is 0 Å². The van der Waals surface area contributed by atoms with Gasteiger partial charge < -0.3 is 19.6 Å². The van der Waals surface area contributed by atoms with E-state index in [1.807, 2.05) is 0 Å². The molecule has 0 bridgehead atoms. The Morgan fingerprint density at radius 2 is 1.96 bits per heavy atom. The quantitative estimate of drug-likeness (QED) is 0.743. The number of aromatic nitrogens is 2. The number of amides is 2. The topological polar surface area (TPSA) is 110 Å². The van der Waals surface area contributed by atoms with Gasteiger partial charge in [-0.05, 0) is 25.1 Å². The van der Waals surface area contributed by atoms with Crippen LogP contribution in [0.2, 0.25) is 0 Å². The molecule has 0 saturated heterocycles. The van der Waals surface area contributed by atoms with E-state index in [1.165, 1.54) is 24.7 Å². The van der Waals surface area contributed by atoms with Crippen LogP contribution in [0.1, 0.15) is 32.2 Å². The van der Waals surface area contributed by atoms with Crippen LogP contribution in [0.5, 0.6) is 0 Å².